The average molecular weight is 368 g/mol. The molecule has 1 saturated heterocycles. The second kappa shape index (κ2) is 6.97. The van der Waals surface area contributed by atoms with E-state index in [-0.39, 0.29) is 5.91 Å². The molecule has 0 radical (unpaired) electrons. The van der Waals surface area contributed by atoms with Crippen molar-refractivity contribution in [2.45, 2.75) is 19.4 Å². The van der Waals surface area contributed by atoms with Gasteiger partial charge in [0, 0.05) is 25.0 Å². The van der Waals surface area contributed by atoms with Crippen LogP contribution in [0.3, 0.4) is 0 Å². The second-order valence-corrected chi connectivity index (χ2v) is 8.64. The van der Waals surface area contributed by atoms with Gasteiger partial charge in [0.2, 0.25) is 0 Å². The van der Waals surface area contributed by atoms with Crippen LogP contribution in [0.2, 0.25) is 0 Å². The number of fused-ring (bicyclic) bond motifs is 1. The van der Waals surface area contributed by atoms with Crippen molar-refractivity contribution in [1.82, 2.24) is 14.8 Å². The van der Waals surface area contributed by atoms with Crippen LogP contribution in [0, 0.1) is 11.8 Å². The average Bonchev–Trinajstić information content (AvgIpc) is 3.26. The molecule has 2 aromatic rings. The molecule has 3 unspecified atom stereocenters. The number of likely N-dealkylation sites (tertiary alicyclic amines) is 1. The summed E-state index contributed by atoms with van der Waals surface area (Å²) in [5.74, 6) is 1.04. The fourth-order valence-corrected chi connectivity index (χ4v) is 4.85. The van der Waals surface area contributed by atoms with E-state index in [2.05, 4.69) is 49.1 Å². The Kier molecular flexibility index (Phi) is 4.67. The van der Waals surface area contributed by atoms with Crippen LogP contribution in [0.4, 0.5) is 0 Å². The van der Waals surface area contributed by atoms with Crippen LogP contribution in [-0.4, -0.2) is 53.9 Å². The number of likely N-dealkylation sites (N-methyl/N-ethyl adjacent to an activating group) is 1. The Morgan fingerprint density at radius 3 is 2.77 bits per heavy atom. The molecule has 1 aromatic heterocycles. The van der Waals surface area contributed by atoms with Crippen LogP contribution in [0.5, 0.6) is 0 Å². The van der Waals surface area contributed by atoms with Crippen molar-refractivity contribution in [3.63, 3.8) is 0 Å². The van der Waals surface area contributed by atoms with Crippen LogP contribution in [0.1, 0.15) is 23.1 Å². The zero-order chi connectivity index (χ0) is 18.3. The molecule has 1 aromatic carbocycles. The largest absolute Gasteiger partial charge is 0.334 e. The van der Waals surface area contributed by atoms with E-state index in [1.54, 1.807) is 0 Å². The molecule has 0 N–H and O–H groups in total. The zero-order valence-electron chi connectivity index (χ0n) is 15.6. The SMILES string of the molecule is CC1C=CC(C2CN(C(=O)c3nc4ccccc4s3)CC2N(C)C)=CC1. The zero-order valence-corrected chi connectivity index (χ0v) is 16.4. The van der Waals surface area contributed by atoms with E-state index in [1.807, 2.05) is 29.2 Å². The minimum Gasteiger partial charge on any atom is -0.334 e. The van der Waals surface area contributed by atoms with Crippen molar-refractivity contribution >= 4 is 27.5 Å². The van der Waals surface area contributed by atoms with Crippen molar-refractivity contribution in [2.75, 3.05) is 27.2 Å². The third kappa shape index (κ3) is 3.21. The molecule has 5 heteroatoms. The fraction of sp³-hybridized carbons (Fsp3) is 0.429. The normalized spacial score (nSPS) is 25.9. The number of rotatable bonds is 3. The molecule has 1 aliphatic carbocycles. The predicted octanol–water partition coefficient (Wildman–Crippen LogP) is 3.82. The Bertz CT molecular complexity index is 849. The number of hydrogen-bond donors (Lipinski definition) is 0. The van der Waals surface area contributed by atoms with E-state index < -0.39 is 0 Å². The van der Waals surface area contributed by atoms with Crippen LogP contribution in [0.15, 0.2) is 48.1 Å². The molecular weight excluding hydrogens is 342 g/mol. The number of nitrogens with zero attached hydrogens (tertiary/aromatic N) is 3. The first kappa shape index (κ1) is 17.4. The topological polar surface area (TPSA) is 36.4 Å². The summed E-state index contributed by atoms with van der Waals surface area (Å²) in [5, 5.41) is 0.603. The summed E-state index contributed by atoms with van der Waals surface area (Å²) in [6.07, 6.45) is 8.01. The van der Waals surface area contributed by atoms with Gasteiger partial charge in [0.05, 0.1) is 10.2 Å². The van der Waals surface area contributed by atoms with E-state index in [0.29, 0.717) is 22.9 Å². The highest BCUT2D eigenvalue weighted by atomic mass is 32.1. The minimum absolute atomic E-state index is 0.0642. The van der Waals surface area contributed by atoms with Gasteiger partial charge in [-0.15, -0.1) is 11.3 Å². The lowest BCUT2D eigenvalue weighted by Crippen LogP contribution is -2.36. The number of carbonyl (C=O) groups excluding carboxylic acids is 1. The number of benzene rings is 1. The monoisotopic (exact) mass is 367 g/mol. The molecule has 0 bridgehead atoms. The standard InChI is InChI=1S/C21H25N3OS/c1-14-8-10-15(11-9-14)16-12-24(13-18(16)23(2)3)21(25)20-22-17-6-4-5-7-19(17)26-20/h4-8,10-11,14,16,18H,9,12-13H2,1-3H3. The summed E-state index contributed by atoms with van der Waals surface area (Å²) in [7, 11) is 4.22. The third-order valence-corrected chi connectivity index (χ3v) is 6.51. The lowest BCUT2D eigenvalue weighted by molar-refractivity contribution is 0.0781. The van der Waals surface area contributed by atoms with Crippen molar-refractivity contribution in [3.05, 3.63) is 53.1 Å². The molecule has 0 saturated carbocycles. The molecule has 4 nitrogen and oxygen atoms in total. The van der Waals surface area contributed by atoms with Crippen molar-refractivity contribution in [3.8, 4) is 0 Å². The highest BCUT2D eigenvalue weighted by molar-refractivity contribution is 7.20. The lowest BCUT2D eigenvalue weighted by Gasteiger charge is -2.27. The van der Waals surface area contributed by atoms with Crippen molar-refractivity contribution in [2.24, 2.45) is 11.8 Å². The van der Waals surface area contributed by atoms with Crippen molar-refractivity contribution in [1.29, 1.82) is 0 Å². The van der Waals surface area contributed by atoms with Crippen molar-refractivity contribution < 1.29 is 4.79 Å². The van der Waals surface area contributed by atoms with Gasteiger partial charge in [0.15, 0.2) is 5.01 Å². The molecule has 1 fully saturated rings. The fourth-order valence-electron chi connectivity index (χ4n) is 3.92. The van der Waals surface area contributed by atoms with Crippen LogP contribution < -0.4 is 0 Å². The molecule has 2 aliphatic rings. The van der Waals surface area contributed by atoms with Gasteiger partial charge in [-0.1, -0.05) is 37.3 Å². The number of thiazole rings is 1. The Hall–Kier alpha value is -1.98. The Morgan fingerprint density at radius 1 is 1.27 bits per heavy atom. The van der Waals surface area contributed by atoms with Gasteiger partial charge in [0.1, 0.15) is 0 Å². The van der Waals surface area contributed by atoms with E-state index in [0.717, 1.165) is 29.7 Å². The first-order valence-electron chi connectivity index (χ1n) is 9.22. The smallest absolute Gasteiger partial charge is 0.282 e. The van der Waals surface area contributed by atoms with Gasteiger partial charge in [-0.25, -0.2) is 4.98 Å². The number of para-hydroxylation sites is 1. The maximum absolute atomic E-state index is 13.1. The Labute approximate surface area is 158 Å². The highest BCUT2D eigenvalue weighted by Crippen LogP contribution is 2.33. The summed E-state index contributed by atoms with van der Waals surface area (Å²) < 4.78 is 1.07. The molecule has 26 heavy (non-hydrogen) atoms. The highest BCUT2D eigenvalue weighted by Gasteiger charge is 2.39. The Morgan fingerprint density at radius 2 is 2.08 bits per heavy atom. The maximum Gasteiger partial charge on any atom is 0.282 e. The summed E-state index contributed by atoms with van der Waals surface area (Å²) in [6, 6.07) is 8.30. The van der Waals surface area contributed by atoms with Crippen LogP contribution in [0.25, 0.3) is 10.2 Å². The van der Waals surface area contributed by atoms with Gasteiger partial charge >= 0.3 is 0 Å². The van der Waals surface area contributed by atoms with Gasteiger partial charge in [0.25, 0.3) is 5.91 Å². The molecule has 2 heterocycles. The first-order valence-corrected chi connectivity index (χ1v) is 10.0. The maximum atomic E-state index is 13.1. The van der Waals surface area contributed by atoms with Crippen LogP contribution >= 0.6 is 11.3 Å². The third-order valence-electron chi connectivity index (χ3n) is 5.49. The number of allylic oxidation sites excluding steroid dienone is 3. The second-order valence-electron chi connectivity index (χ2n) is 7.61. The van der Waals surface area contributed by atoms with E-state index in [4.69, 9.17) is 0 Å². The van der Waals surface area contributed by atoms with Gasteiger partial charge in [-0.2, -0.15) is 0 Å². The summed E-state index contributed by atoms with van der Waals surface area (Å²) >= 11 is 1.49. The Balaban J connectivity index is 1.57. The lowest BCUT2D eigenvalue weighted by atomic mass is 9.87. The summed E-state index contributed by atoms with van der Waals surface area (Å²) in [5.41, 5.74) is 2.29. The number of aromatic nitrogens is 1. The predicted molar refractivity (Wildman–Crippen MR) is 107 cm³/mol. The number of amides is 1. The molecule has 0 spiro atoms. The van der Waals surface area contributed by atoms with Gasteiger partial charge < -0.3 is 9.80 Å². The molecule has 1 amide bonds. The summed E-state index contributed by atoms with van der Waals surface area (Å²) in [6.45, 7) is 3.76. The summed E-state index contributed by atoms with van der Waals surface area (Å²) in [4.78, 5) is 21.9. The van der Waals surface area contributed by atoms with Gasteiger partial charge in [-0.3, -0.25) is 4.79 Å². The molecule has 4 rings (SSSR count). The van der Waals surface area contributed by atoms with E-state index >= 15 is 0 Å². The van der Waals surface area contributed by atoms with E-state index in [9.17, 15) is 4.79 Å². The quantitative estimate of drug-likeness (QED) is 0.827. The molecule has 3 atom stereocenters. The number of carbonyl (C=O) groups is 1. The molecule has 1 aliphatic heterocycles. The van der Waals surface area contributed by atoms with Crippen LogP contribution in [-0.2, 0) is 0 Å². The molecular formula is C21H25N3OS. The minimum atomic E-state index is 0.0642. The molecule has 136 valence electrons. The van der Waals surface area contributed by atoms with Gasteiger partial charge in [-0.05, 0) is 44.1 Å². The van der Waals surface area contributed by atoms with E-state index in [1.165, 1.54) is 16.9 Å². The number of hydrogen-bond acceptors (Lipinski definition) is 4. The first-order chi connectivity index (χ1) is 12.5.